The van der Waals surface area contributed by atoms with E-state index in [1.807, 2.05) is 65.2 Å². The monoisotopic (exact) mass is 345 g/mol. The van der Waals surface area contributed by atoms with Crippen LogP contribution in [0.15, 0.2) is 73.3 Å². The minimum Gasteiger partial charge on any atom is -0.394 e. The van der Waals surface area contributed by atoms with Gasteiger partial charge in [0.2, 0.25) is 0 Å². The highest BCUT2D eigenvalue weighted by Gasteiger charge is 2.15. The molecule has 0 aliphatic rings. The van der Waals surface area contributed by atoms with Crippen LogP contribution >= 0.6 is 0 Å². The van der Waals surface area contributed by atoms with E-state index in [9.17, 15) is 5.11 Å². The molecule has 2 heterocycles. The topological polar surface area (TPSA) is 75.9 Å². The molecule has 0 spiro atoms. The van der Waals surface area contributed by atoms with Gasteiger partial charge in [-0.05, 0) is 24.1 Å². The van der Waals surface area contributed by atoms with Gasteiger partial charge in [-0.3, -0.25) is 4.57 Å². The zero-order valence-electron chi connectivity index (χ0n) is 14.2. The molecule has 0 aliphatic carbocycles. The summed E-state index contributed by atoms with van der Waals surface area (Å²) in [5.74, 6) is 0.625. The van der Waals surface area contributed by atoms with E-state index in [2.05, 4.69) is 20.3 Å². The maximum atomic E-state index is 9.77. The number of aliphatic hydroxyl groups excluding tert-OH is 1. The molecular weight excluding hydrogens is 326 g/mol. The molecule has 1 atom stereocenters. The molecule has 0 amide bonds. The number of imidazole rings is 1. The van der Waals surface area contributed by atoms with Crippen LogP contribution in [-0.4, -0.2) is 37.3 Å². The van der Waals surface area contributed by atoms with Crippen LogP contribution in [0.2, 0.25) is 0 Å². The van der Waals surface area contributed by atoms with Crippen LogP contribution in [0, 0.1) is 0 Å². The lowest BCUT2D eigenvalue weighted by atomic mass is 10.1. The number of para-hydroxylation sites is 1. The molecule has 0 fully saturated rings. The van der Waals surface area contributed by atoms with Crippen molar-refractivity contribution in [2.24, 2.45) is 0 Å². The fourth-order valence-electron chi connectivity index (χ4n) is 2.97. The van der Waals surface area contributed by atoms with Gasteiger partial charge in [-0.1, -0.05) is 48.5 Å². The van der Waals surface area contributed by atoms with Gasteiger partial charge in [0, 0.05) is 5.69 Å². The van der Waals surface area contributed by atoms with E-state index in [1.165, 1.54) is 6.33 Å². The number of aliphatic hydroxyl groups is 1. The minimum atomic E-state index is -0.155. The molecule has 0 radical (unpaired) electrons. The number of fused-ring (bicyclic) bond motifs is 1. The van der Waals surface area contributed by atoms with Crippen LogP contribution in [-0.2, 0) is 6.42 Å². The molecule has 6 heteroatoms. The van der Waals surface area contributed by atoms with Gasteiger partial charge in [0.15, 0.2) is 17.0 Å². The molecule has 2 aromatic heterocycles. The lowest BCUT2D eigenvalue weighted by molar-refractivity contribution is 0.273. The largest absolute Gasteiger partial charge is 0.394 e. The van der Waals surface area contributed by atoms with Crippen LogP contribution in [0.5, 0.6) is 0 Å². The molecule has 4 aromatic rings. The van der Waals surface area contributed by atoms with Gasteiger partial charge in [-0.25, -0.2) is 15.0 Å². The van der Waals surface area contributed by atoms with E-state index in [-0.39, 0.29) is 12.6 Å². The molecule has 0 saturated carbocycles. The Labute approximate surface area is 151 Å². The van der Waals surface area contributed by atoms with E-state index >= 15 is 0 Å². The number of hydrogen-bond donors (Lipinski definition) is 2. The summed E-state index contributed by atoms with van der Waals surface area (Å²) in [6.07, 6.45) is 3.95. The van der Waals surface area contributed by atoms with Crippen molar-refractivity contribution in [3.63, 3.8) is 0 Å². The first-order valence-electron chi connectivity index (χ1n) is 8.50. The standard InChI is InChI=1S/C20H19N5O/c26-12-16(11-15-7-3-1-4-8-15)24-19-18-20(22-13-21-19)25(14-23-18)17-9-5-2-6-10-17/h1-10,13-14,16,26H,11-12H2,(H,21,22,24). The van der Waals surface area contributed by atoms with Crippen molar-refractivity contribution < 1.29 is 5.11 Å². The van der Waals surface area contributed by atoms with Crippen molar-refractivity contribution in [1.82, 2.24) is 19.5 Å². The number of nitrogens with zero attached hydrogens (tertiary/aromatic N) is 4. The van der Waals surface area contributed by atoms with Gasteiger partial charge in [-0.15, -0.1) is 0 Å². The minimum absolute atomic E-state index is 0.000214. The molecule has 26 heavy (non-hydrogen) atoms. The Morgan fingerprint density at radius 1 is 0.923 bits per heavy atom. The molecule has 2 aromatic carbocycles. The van der Waals surface area contributed by atoms with Gasteiger partial charge in [0.1, 0.15) is 12.7 Å². The highest BCUT2D eigenvalue weighted by atomic mass is 16.3. The Kier molecular flexibility index (Phi) is 4.57. The molecule has 6 nitrogen and oxygen atoms in total. The zero-order valence-corrected chi connectivity index (χ0v) is 14.2. The van der Waals surface area contributed by atoms with Crippen LogP contribution < -0.4 is 5.32 Å². The van der Waals surface area contributed by atoms with E-state index in [0.29, 0.717) is 17.8 Å². The number of rotatable bonds is 6. The van der Waals surface area contributed by atoms with E-state index < -0.39 is 0 Å². The van der Waals surface area contributed by atoms with Gasteiger partial charge in [0.25, 0.3) is 0 Å². The first-order valence-corrected chi connectivity index (χ1v) is 8.50. The van der Waals surface area contributed by atoms with E-state index in [1.54, 1.807) is 6.33 Å². The summed E-state index contributed by atoms with van der Waals surface area (Å²) in [5.41, 5.74) is 3.55. The first kappa shape index (κ1) is 16.2. The molecular formula is C20H19N5O. The van der Waals surface area contributed by atoms with Gasteiger partial charge >= 0.3 is 0 Å². The number of nitrogens with one attached hydrogen (secondary N) is 1. The van der Waals surface area contributed by atoms with Gasteiger partial charge in [-0.2, -0.15) is 0 Å². The highest BCUT2D eigenvalue weighted by Crippen LogP contribution is 2.21. The molecule has 0 aliphatic heterocycles. The summed E-state index contributed by atoms with van der Waals surface area (Å²) in [4.78, 5) is 13.2. The fraction of sp³-hybridized carbons (Fsp3) is 0.150. The fourth-order valence-corrected chi connectivity index (χ4v) is 2.97. The predicted octanol–water partition coefficient (Wildman–Crippen LogP) is 2.83. The van der Waals surface area contributed by atoms with Crippen molar-refractivity contribution in [2.45, 2.75) is 12.5 Å². The highest BCUT2D eigenvalue weighted by molar-refractivity contribution is 5.84. The molecule has 2 N–H and O–H groups in total. The summed E-state index contributed by atoms with van der Waals surface area (Å²) >= 11 is 0. The van der Waals surface area contributed by atoms with Crippen LogP contribution in [0.3, 0.4) is 0 Å². The maximum absolute atomic E-state index is 9.77. The number of benzene rings is 2. The third-order valence-corrected chi connectivity index (χ3v) is 4.25. The molecule has 1 unspecified atom stereocenters. The number of hydrogen-bond acceptors (Lipinski definition) is 5. The molecule has 0 saturated heterocycles. The van der Waals surface area contributed by atoms with E-state index in [0.717, 1.165) is 16.9 Å². The molecule has 4 rings (SSSR count). The second-order valence-corrected chi connectivity index (χ2v) is 6.06. The van der Waals surface area contributed by atoms with Crippen molar-refractivity contribution in [3.05, 3.63) is 78.9 Å². The third kappa shape index (κ3) is 3.27. The predicted molar refractivity (Wildman–Crippen MR) is 101 cm³/mol. The normalized spacial score (nSPS) is 12.2. The Morgan fingerprint density at radius 2 is 1.65 bits per heavy atom. The van der Waals surface area contributed by atoms with Crippen LogP contribution in [0.4, 0.5) is 5.82 Å². The summed E-state index contributed by atoms with van der Waals surface area (Å²) in [7, 11) is 0. The quantitative estimate of drug-likeness (QED) is 0.562. The van der Waals surface area contributed by atoms with Crippen LogP contribution in [0.1, 0.15) is 5.56 Å². The Bertz CT molecular complexity index is 985. The van der Waals surface area contributed by atoms with Crippen molar-refractivity contribution in [1.29, 1.82) is 0 Å². The molecule has 0 bridgehead atoms. The third-order valence-electron chi connectivity index (χ3n) is 4.25. The van der Waals surface area contributed by atoms with E-state index in [4.69, 9.17) is 0 Å². The average molecular weight is 345 g/mol. The van der Waals surface area contributed by atoms with Crippen molar-refractivity contribution in [2.75, 3.05) is 11.9 Å². The second-order valence-electron chi connectivity index (χ2n) is 6.06. The SMILES string of the molecule is OCC(Cc1ccccc1)Nc1ncnc2c1ncn2-c1ccccc1. The summed E-state index contributed by atoms with van der Waals surface area (Å²) in [6, 6.07) is 19.8. The summed E-state index contributed by atoms with van der Waals surface area (Å²) in [5, 5.41) is 13.1. The lowest BCUT2D eigenvalue weighted by Crippen LogP contribution is -2.27. The Morgan fingerprint density at radius 3 is 2.38 bits per heavy atom. The maximum Gasteiger partial charge on any atom is 0.170 e. The number of aromatic nitrogens is 4. The Balaban J connectivity index is 1.63. The zero-order chi connectivity index (χ0) is 17.8. The summed E-state index contributed by atoms with van der Waals surface area (Å²) in [6.45, 7) is -0.000214. The molecule has 130 valence electrons. The average Bonchev–Trinajstić information content (AvgIpc) is 3.14. The van der Waals surface area contributed by atoms with Crippen molar-refractivity contribution in [3.8, 4) is 5.69 Å². The summed E-state index contributed by atoms with van der Waals surface area (Å²) < 4.78 is 1.92. The second kappa shape index (κ2) is 7.33. The van der Waals surface area contributed by atoms with Crippen molar-refractivity contribution >= 4 is 17.0 Å². The van der Waals surface area contributed by atoms with Crippen LogP contribution in [0.25, 0.3) is 16.9 Å². The smallest absolute Gasteiger partial charge is 0.170 e. The van der Waals surface area contributed by atoms with Gasteiger partial charge in [0.05, 0.1) is 12.6 Å². The first-order chi connectivity index (χ1) is 12.8. The number of anilines is 1. The van der Waals surface area contributed by atoms with Gasteiger partial charge < -0.3 is 10.4 Å². The Hall–Kier alpha value is -3.25. The lowest BCUT2D eigenvalue weighted by Gasteiger charge is -2.17.